The van der Waals surface area contributed by atoms with Gasteiger partial charge in [-0.2, -0.15) is 24.9 Å². The van der Waals surface area contributed by atoms with Gasteiger partial charge in [-0.1, -0.05) is 22.9 Å². The molecule has 0 aromatic carbocycles. The largest absolute Gasteiger partial charge is 0.397 e. The highest BCUT2D eigenvalue weighted by molar-refractivity contribution is 7.99. The van der Waals surface area contributed by atoms with Gasteiger partial charge in [-0.25, -0.2) is 9.37 Å². The molecule has 0 saturated heterocycles. The van der Waals surface area contributed by atoms with Crippen molar-refractivity contribution < 1.29 is 32.3 Å². The van der Waals surface area contributed by atoms with Gasteiger partial charge in [0.15, 0.2) is 11.0 Å². The summed E-state index contributed by atoms with van der Waals surface area (Å²) in [7, 11) is 0. The van der Waals surface area contributed by atoms with Crippen LogP contribution in [0, 0.1) is 5.82 Å². The highest BCUT2D eigenvalue weighted by atomic mass is 35.5. The molecule has 0 fully saturated rings. The number of carbonyl (C=O) groups is 1. The van der Waals surface area contributed by atoms with Gasteiger partial charge in [-0.05, 0) is 13.0 Å². The molecule has 0 aliphatic heterocycles. The molecule has 2 aromatic rings. The number of aromatic nitrogens is 2. The van der Waals surface area contributed by atoms with Crippen LogP contribution in [0.1, 0.15) is 13.3 Å². The molecule has 0 saturated carbocycles. The third-order valence-electron chi connectivity index (χ3n) is 3.23. The molecule has 0 bridgehead atoms. The molecule has 0 aliphatic rings. The summed E-state index contributed by atoms with van der Waals surface area (Å²) in [4.78, 5) is 17.8. The highest BCUT2D eigenvalue weighted by Crippen LogP contribution is 2.37. The molecule has 2 aromatic heterocycles. The lowest BCUT2D eigenvalue weighted by Crippen LogP contribution is -2.30. The maximum absolute atomic E-state index is 13.4. The van der Waals surface area contributed by atoms with Gasteiger partial charge in [0.2, 0.25) is 12.1 Å². The first-order valence-electron chi connectivity index (χ1n) is 7.63. The maximum atomic E-state index is 13.4. The molecule has 0 radical (unpaired) electrons. The number of thioether (sulfide) groups is 1. The van der Waals surface area contributed by atoms with E-state index in [1.807, 2.05) is 0 Å². The van der Waals surface area contributed by atoms with E-state index in [2.05, 4.69) is 4.98 Å². The zero-order valence-electron chi connectivity index (χ0n) is 14.0. The molecule has 2 rings (SSSR count). The Morgan fingerprint density at radius 1 is 1.44 bits per heavy atom. The van der Waals surface area contributed by atoms with Crippen LogP contribution < -0.4 is 9.63 Å². The van der Waals surface area contributed by atoms with E-state index in [9.17, 15) is 27.6 Å². The Bertz CT molecular complexity index is 797. The van der Waals surface area contributed by atoms with Gasteiger partial charge in [-0.3, -0.25) is 10.0 Å². The molecule has 0 atom stereocenters. The first kappa shape index (κ1) is 21.7. The Morgan fingerprint density at radius 3 is 2.74 bits per heavy atom. The van der Waals surface area contributed by atoms with Gasteiger partial charge in [0.25, 0.3) is 6.20 Å². The number of anilines is 1. The normalized spacial score (nSPS) is 11.6. The van der Waals surface area contributed by atoms with Gasteiger partial charge < -0.3 is 4.90 Å². The fourth-order valence-electron chi connectivity index (χ4n) is 2.15. The van der Waals surface area contributed by atoms with Crippen molar-refractivity contribution in [2.75, 3.05) is 23.0 Å². The van der Waals surface area contributed by atoms with Crippen LogP contribution in [0.25, 0.3) is 10.6 Å². The summed E-state index contributed by atoms with van der Waals surface area (Å²) in [5, 5.41) is 10.0. The average Bonchev–Trinajstić information content (AvgIpc) is 2.92. The Kier molecular flexibility index (Phi) is 7.29. The molecular formula is C15H15ClF4N3O2S2+. The van der Waals surface area contributed by atoms with Crippen molar-refractivity contribution in [3.05, 3.63) is 29.4 Å². The van der Waals surface area contributed by atoms with Gasteiger partial charge in [0.05, 0.1) is 11.3 Å². The number of hydrogen-bond acceptors (Lipinski definition) is 5. The van der Waals surface area contributed by atoms with Crippen molar-refractivity contribution in [3.63, 3.8) is 0 Å². The van der Waals surface area contributed by atoms with E-state index >= 15 is 0 Å². The molecule has 1 amide bonds. The molecule has 12 heteroatoms. The molecule has 5 nitrogen and oxygen atoms in total. The van der Waals surface area contributed by atoms with E-state index in [4.69, 9.17) is 11.6 Å². The highest BCUT2D eigenvalue weighted by Gasteiger charge is 2.27. The smallest absolute Gasteiger partial charge is 0.301 e. The lowest BCUT2D eigenvalue weighted by Gasteiger charge is -2.19. The van der Waals surface area contributed by atoms with Gasteiger partial charge in [0.1, 0.15) is 10.0 Å². The molecule has 0 spiro atoms. The summed E-state index contributed by atoms with van der Waals surface area (Å²) in [5.41, 5.74) is 0.264. The predicted octanol–water partition coefficient (Wildman–Crippen LogP) is 4.17. The van der Waals surface area contributed by atoms with Crippen LogP contribution >= 0.6 is 34.7 Å². The summed E-state index contributed by atoms with van der Waals surface area (Å²) < 4.78 is 50.5. The van der Waals surface area contributed by atoms with Crippen LogP contribution in [-0.4, -0.2) is 40.3 Å². The van der Waals surface area contributed by atoms with E-state index in [-0.39, 0.29) is 40.3 Å². The molecule has 27 heavy (non-hydrogen) atoms. The predicted molar refractivity (Wildman–Crippen MR) is 95.9 cm³/mol. The van der Waals surface area contributed by atoms with Crippen LogP contribution in [0.3, 0.4) is 0 Å². The number of carbonyl (C=O) groups excluding carboxylic acids is 1. The fourth-order valence-corrected chi connectivity index (χ4v) is 4.21. The molecule has 1 N–H and O–H groups in total. The van der Waals surface area contributed by atoms with Crippen LogP contribution in [-0.2, 0) is 4.79 Å². The number of alkyl halides is 3. The minimum atomic E-state index is -4.28. The summed E-state index contributed by atoms with van der Waals surface area (Å²) >= 11 is 7.75. The lowest BCUT2D eigenvalue weighted by atomic mass is 10.3. The van der Waals surface area contributed by atoms with Crippen molar-refractivity contribution in [2.45, 2.75) is 19.5 Å². The number of nitrogens with zero attached hydrogens (tertiary/aromatic N) is 3. The second kappa shape index (κ2) is 9.07. The Balaban J connectivity index is 2.13. The number of rotatable bonds is 7. The standard InChI is InChI=1S/C15H15ClF4N3O2S2/c1-2-23(11(24)3-4-26-8-15(18,19)20)14-12(16)21-13(27-14)9-5-10(17)7-22(25)6-9/h5-7,25H,2-4,8H2,1H3/q+1. The Morgan fingerprint density at radius 2 is 2.15 bits per heavy atom. The SMILES string of the molecule is CCN(C(=O)CCSCC(F)(F)F)c1sc(-c2cc(F)c[n+](O)c2)nc1Cl. The van der Waals surface area contributed by atoms with Crippen molar-refractivity contribution in [2.24, 2.45) is 0 Å². The van der Waals surface area contributed by atoms with E-state index < -0.39 is 17.7 Å². The minimum absolute atomic E-state index is 0.0156. The summed E-state index contributed by atoms with van der Waals surface area (Å²) in [6.07, 6.45) is -2.27. The molecule has 0 unspecified atom stereocenters. The topological polar surface area (TPSA) is 57.3 Å². The first-order chi connectivity index (χ1) is 12.6. The summed E-state index contributed by atoms with van der Waals surface area (Å²) in [6.45, 7) is 1.94. The third kappa shape index (κ3) is 6.22. The molecule has 2 heterocycles. The summed E-state index contributed by atoms with van der Waals surface area (Å²) in [6, 6.07) is 1.15. The van der Waals surface area contributed by atoms with E-state index in [0.29, 0.717) is 21.5 Å². The van der Waals surface area contributed by atoms with Crippen molar-refractivity contribution in [1.82, 2.24) is 4.98 Å². The first-order valence-corrected chi connectivity index (χ1v) is 9.98. The van der Waals surface area contributed by atoms with Crippen molar-refractivity contribution in [1.29, 1.82) is 0 Å². The zero-order valence-corrected chi connectivity index (χ0v) is 16.4. The van der Waals surface area contributed by atoms with E-state index in [1.165, 1.54) is 11.1 Å². The second-order valence-corrected chi connectivity index (χ2v) is 7.73. The Labute approximate surface area is 165 Å². The minimum Gasteiger partial charge on any atom is -0.301 e. The van der Waals surface area contributed by atoms with Crippen LogP contribution in [0.5, 0.6) is 0 Å². The van der Waals surface area contributed by atoms with E-state index in [0.717, 1.165) is 23.6 Å². The number of thiazole rings is 1. The number of pyridine rings is 1. The number of hydrogen-bond donors (Lipinski definition) is 1. The molecule has 0 aliphatic carbocycles. The van der Waals surface area contributed by atoms with Crippen molar-refractivity contribution in [3.8, 4) is 10.6 Å². The Hall–Kier alpha value is -1.59. The lowest BCUT2D eigenvalue weighted by molar-refractivity contribution is -0.905. The fraction of sp³-hybridized carbons (Fsp3) is 0.400. The van der Waals surface area contributed by atoms with Crippen LogP contribution in [0.15, 0.2) is 18.5 Å². The van der Waals surface area contributed by atoms with Gasteiger partial charge >= 0.3 is 6.18 Å². The van der Waals surface area contributed by atoms with Crippen molar-refractivity contribution >= 4 is 45.6 Å². The molecule has 148 valence electrons. The third-order valence-corrected chi connectivity index (χ3v) is 5.75. The maximum Gasteiger partial charge on any atom is 0.397 e. The molecular weight excluding hydrogens is 430 g/mol. The van der Waals surface area contributed by atoms with Gasteiger partial charge in [-0.15, -0.1) is 0 Å². The van der Waals surface area contributed by atoms with Crippen LogP contribution in [0.2, 0.25) is 5.15 Å². The van der Waals surface area contributed by atoms with E-state index in [1.54, 1.807) is 6.92 Å². The van der Waals surface area contributed by atoms with Crippen LogP contribution in [0.4, 0.5) is 22.6 Å². The quantitative estimate of drug-likeness (QED) is 0.301. The average molecular weight is 445 g/mol. The number of halogens is 5. The summed E-state index contributed by atoms with van der Waals surface area (Å²) in [5.74, 6) is -2.07. The second-order valence-electron chi connectivity index (χ2n) is 5.29. The van der Waals surface area contributed by atoms with Gasteiger partial charge in [0, 0.05) is 23.4 Å². The monoisotopic (exact) mass is 444 g/mol. The number of amides is 1. The zero-order chi connectivity index (χ0) is 20.2.